The summed E-state index contributed by atoms with van der Waals surface area (Å²) in [6.45, 7) is 5.31. The van der Waals surface area contributed by atoms with Crippen molar-refractivity contribution in [3.8, 4) is 5.75 Å². The van der Waals surface area contributed by atoms with Gasteiger partial charge in [-0.3, -0.25) is 4.79 Å². The Balaban J connectivity index is 2.48. The van der Waals surface area contributed by atoms with Crippen molar-refractivity contribution in [1.29, 1.82) is 0 Å². The average Bonchev–Trinajstić information content (AvgIpc) is 2.27. The lowest BCUT2D eigenvalue weighted by Gasteiger charge is -2.19. The standard InChI is InChI=1S/C13H19NO4S/c1-13(2,3)18-12(15)9-19(16)14-10-5-7-11(17-4)8-6-10/h5-8,14H,9H2,1-4H3. The van der Waals surface area contributed by atoms with Crippen molar-refractivity contribution in [3.05, 3.63) is 24.3 Å². The number of benzene rings is 1. The molecule has 0 aromatic heterocycles. The molecule has 1 aromatic rings. The first-order chi connectivity index (χ1) is 8.80. The van der Waals surface area contributed by atoms with Crippen molar-refractivity contribution < 1.29 is 18.5 Å². The highest BCUT2D eigenvalue weighted by Gasteiger charge is 2.18. The first-order valence-electron chi connectivity index (χ1n) is 5.81. The average molecular weight is 285 g/mol. The van der Waals surface area contributed by atoms with Crippen LogP contribution in [0.15, 0.2) is 24.3 Å². The summed E-state index contributed by atoms with van der Waals surface area (Å²) >= 11 is 0. The van der Waals surface area contributed by atoms with E-state index in [9.17, 15) is 9.00 Å². The number of hydrogen-bond acceptors (Lipinski definition) is 4. The van der Waals surface area contributed by atoms with E-state index >= 15 is 0 Å². The third-order valence-electron chi connectivity index (χ3n) is 1.99. The van der Waals surface area contributed by atoms with Crippen LogP contribution in [0.1, 0.15) is 20.8 Å². The Morgan fingerprint density at radius 2 is 1.84 bits per heavy atom. The van der Waals surface area contributed by atoms with Gasteiger partial charge < -0.3 is 14.2 Å². The molecule has 0 radical (unpaired) electrons. The van der Waals surface area contributed by atoms with Crippen LogP contribution >= 0.6 is 0 Å². The Morgan fingerprint density at radius 1 is 1.26 bits per heavy atom. The van der Waals surface area contributed by atoms with E-state index < -0.39 is 22.6 Å². The van der Waals surface area contributed by atoms with E-state index in [4.69, 9.17) is 9.47 Å². The van der Waals surface area contributed by atoms with Crippen LogP contribution in [0.2, 0.25) is 0 Å². The van der Waals surface area contributed by atoms with Gasteiger partial charge >= 0.3 is 5.97 Å². The highest BCUT2D eigenvalue weighted by molar-refractivity contribution is 7.87. The van der Waals surface area contributed by atoms with Gasteiger partial charge in [-0.05, 0) is 45.0 Å². The van der Waals surface area contributed by atoms with E-state index in [1.807, 2.05) is 0 Å². The minimum Gasteiger partial charge on any atom is -0.497 e. The molecule has 0 heterocycles. The van der Waals surface area contributed by atoms with E-state index in [0.29, 0.717) is 11.4 Å². The molecule has 0 spiro atoms. The minimum atomic E-state index is -1.51. The lowest BCUT2D eigenvalue weighted by Crippen LogP contribution is -2.28. The van der Waals surface area contributed by atoms with E-state index in [0.717, 1.165) is 0 Å². The summed E-state index contributed by atoms with van der Waals surface area (Å²) in [6, 6.07) is 6.94. The molecule has 0 aliphatic rings. The molecule has 5 nitrogen and oxygen atoms in total. The first kappa shape index (κ1) is 15.5. The molecule has 1 aromatic carbocycles. The largest absolute Gasteiger partial charge is 0.497 e. The summed E-state index contributed by atoms with van der Waals surface area (Å²) in [5.74, 6) is 0.0267. The van der Waals surface area contributed by atoms with Gasteiger partial charge in [-0.2, -0.15) is 0 Å². The smallest absolute Gasteiger partial charge is 0.320 e. The fourth-order valence-electron chi connectivity index (χ4n) is 1.30. The lowest BCUT2D eigenvalue weighted by molar-refractivity contribution is -0.151. The molecular weight excluding hydrogens is 266 g/mol. The predicted molar refractivity (Wildman–Crippen MR) is 75.5 cm³/mol. The minimum absolute atomic E-state index is 0.191. The number of esters is 1. The molecular formula is C13H19NO4S. The molecule has 6 heteroatoms. The number of ether oxygens (including phenoxy) is 2. The zero-order chi connectivity index (χ0) is 14.5. The Labute approximate surface area is 115 Å². The molecule has 0 bridgehead atoms. The zero-order valence-electron chi connectivity index (χ0n) is 11.6. The zero-order valence-corrected chi connectivity index (χ0v) is 12.4. The molecule has 0 saturated carbocycles. The van der Waals surface area contributed by atoms with Crippen molar-refractivity contribution in [2.75, 3.05) is 17.6 Å². The Morgan fingerprint density at radius 3 is 2.32 bits per heavy atom. The second kappa shape index (κ2) is 6.56. The predicted octanol–water partition coefficient (Wildman–Crippen LogP) is 2.11. The topological polar surface area (TPSA) is 64.6 Å². The van der Waals surface area contributed by atoms with Gasteiger partial charge in [-0.25, -0.2) is 4.21 Å². The van der Waals surface area contributed by atoms with Gasteiger partial charge in [0.25, 0.3) is 0 Å². The second-order valence-corrected chi connectivity index (χ2v) is 6.09. The van der Waals surface area contributed by atoms with Crippen LogP contribution in [0.4, 0.5) is 5.69 Å². The summed E-state index contributed by atoms with van der Waals surface area (Å²) < 4.78 is 24.6. The van der Waals surface area contributed by atoms with Crippen molar-refractivity contribution in [2.24, 2.45) is 0 Å². The molecule has 0 fully saturated rings. The van der Waals surface area contributed by atoms with Gasteiger partial charge in [-0.1, -0.05) is 0 Å². The number of hydrogen-bond donors (Lipinski definition) is 1. The SMILES string of the molecule is COc1ccc(NS(=O)CC(=O)OC(C)(C)C)cc1. The molecule has 1 N–H and O–H groups in total. The highest BCUT2D eigenvalue weighted by Crippen LogP contribution is 2.15. The van der Waals surface area contributed by atoms with Crippen LogP contribution < -0.4 is 9.46 Å². The fraction of sp³-hybridized carbons (Fsp3) is 0.462. The van der Waals surface area contributed by atoms with Gasteiger partial charge in [0.15, 0.2) is 0 Å². The maximum Gasteiger partial charge on any atom is 0.320 e. The van der Waals surface area contributed by atoms with E-state index in [-0.39, 0.29) is 5.75 Å². The first-order valence-corrected chi connectivity index (χ1v) is 7.13. The molecule has 106 valence electrons. The number of nitrogens with one attached hydrogen (secondary N) is 1. The number of rotatable bonds is 5. The quantitative estimate of drug-likeness (QED) is 0.842. The number of anilines is 1. The van der Waals surface area contributed by atoms with Crippen molar-refractivity contribution >= 4 is 22.6 Å². The van der Waals surface area contributed by atoms with E-state index in [2.05, 4.69) is 4.72 Å². The number of methoxy groups -OCH3 is 1. The lowest BCUT2D eigenvalue weighted by atomic mass is 10.2. The van der Waals surface area contributed by atoms with Gasteiger partial charge in [0.2, 0.25) is 0 Å². The van der Waals surface area contributed by atoms with Crippen molar-refractivity contribution in [2.45, 2.75) is 26.4 Å². The van der Waals surface area contributed by atoms with Gasteiger partial charge in [0, 0.05) is 5.69 Å². The second-order valence-electron chi connectivity index (χ2n) is 4.91. The molecule has 0 saturated heterocycles. The Kier molecular flexibility index (Phi) is 5.35. The van der Waals surface area contributed by atoms with Crippen LogP contribution in [0.5, 0.6) is 5.75 Å². The van der Waals surface area contributed by atoms with Gasteiger partial charge in [0.05, 0.1) is 7.11 Å². The van der Waals surface area contributed by atoms with Crippen LogP contribution in [0.3, 0.4) is 0 Å². The maximum absolute atomic E-state index is 11.7. The van der Waals surface area contributed by atoms with Crippen LogP contribution in [-0.2, 0) is 20.5 Å². The molecule has 0 aliphatic heterocycles. The van der Waals surface area contributed by atoms with Crippen molar-refractivity contribution in [1.82, 2.24) is 0 Å². The highest BCUT2D eigenvalue weighted by atomic mass is 32.2. The monoisotopic (exact) mass is 285 g/mol. The third-order valence-corrected chi connectivity index (χ3v) is 2.95. The van der Waals surface area contributed by atoms with Crippen LogP contribution in [0.25, 0.3) is 0 Å². The van der Waals surface area contributed by atoms with Crippen molar-refractivity contribution in [3.63, 3.8) is 0 Å². The summed E-state index contributed by atoms with van der Waals surface area (Å²) in [4.78, 5) is 11.5. The maximum atomic E-state index is 11.7. The van der Waals surface area contributed by atoms with E-state index in [1.54, 1.807) is 52.1 Å². The summed E-state index contributed by atoms with van der Waals surface area (Å²) in [5.41, 5.74) is 0.0872. The summed E-state index contributed by atoms with van der Waals surface area (Å²) in [7, 11) is 0.0628. The molecule has 0 amide bonds. The number of carbonyl (C=O) groups excluding carboxylic acids is 1. The molecule has 1 unspecified atom stereocenters. The third kappa shape index (κ3) is 6.24. The summed E-state index contributed by atoms with van der Waals surface area (Å²) in [5, 5.41) is 0. The van der Waals surface area contributed by atoms with E-state index in [1.165, 1.54) is 0 Å². The van der Waals surface area contributed by atoms with Crippen LogP contribution in [-0.4, -0.2) is 28.6 Å². The summed E-state index contributed by atoms with van der Waals surface area (Å²) in [6.07, 6.45) is 0. The van der Waals surface area contributed by atoms with Gasteiger partial charge in [0.1, 0.15) is 28.1 Å². The normalized spacial score (nSPS) is 12.6. The van der Waals surface area contributed by atoms with Gasteiger partial charge in [-0.15, -0.1) is 0 Å². The Hall–Kier alpha value is -1.56. The van der Waals surface area contributed by atoms with Crippen LogP contribution in [0, 0.1) is 0 Å². The molecule has 19 heavy (non-hydrogen) atoms. The molecule has 0 aliphatic carbocycles. The number of carbonyl (C=O) groups is 1. The fourth-order valence-corrected chi connectivity index (χ4v) is 2.05. The Bertz CT molecular complexity index is 451. The molecule has 1 rings (SSSR count). The molecule has 1 atom stereocenters.